The largest absolute Gasteiger partial charge is 0.295 e. The van der Waals surface area contributed by atoms with Gasteiger partial charge in [-0.1, -0.05) is 12.5 Å². The van der Waals surface area contributed by atoms with Crippen molar-refractivity contribution < 1.29 is 13.6 Å². The van der Waals surface area contributed by atoms with Gasteiger partial charge in [-0.2, -0.15) is 0 Å². The molecule has 4 aliphatic rings. The zero-order valence-corrected chi connectivity index (χ0v) is 13.4. The van der Waals surface area contributed by atoms with Gasteiger partial charge in [-0.3, -0.25) is 4.79 Å². The number of rotatable bonds is 1. The normalized spacial score (nSPS) is 47.7. The molecule has 3 saturated carbocycles. The molecule has 0 spiro atoms. The fourth-order valence-corrected chi connectivity index (χ4v) is 6.64. The predicted molar refractivity (Wildman–Crippen MR) is 81.6 cm³/mol. The highest BCUT2D eigenvalue weighted by Crippen LogP contribution is 2.64. The first-order valence-electron chi connectivity index (χ1n) is 9.02. The highest BCUT2D eigenvalue weighted by atomic mass is 19.3. The van der Waals surface area contributed by atoms with Crippen LogP contribution in [0.4, 0.5) is 8.78 Å². The molecule has 0 aromatic carbocycles. The zero-order chi connectivity index (χ0) is 15.5. The maximum absolute atomic E-state index is 13.4. The Kier molecular flexibility index (Phi) is 3.47. The Morgan fingerprint density at radius 1 is 1.09 bits per heavy atom. The van der Waals surface area contributed by atoms with Gasteiger partial charge in [-0.25, -0.2) is 8.78 Å². The minimum absolute atomic E-state index is 0.138. The van der Waals surface area contributed by atoms with E-state index >= 15 is 0 Å². The van der Waals surface area contributed by atoms with Crippen LogP contribution in [0.5, 0.6) is 0 Å². The van der Waals surface area contributed by atoms with Gasteiger partial charge < -0.3 is 0 Å². The number of alkyl halides is 2. The van der Waals surface area contributed by atoms with Crippen LogP contribution in [0.2, 0.25) is 0 Å². The Hall–Kier alpha value is -0.730. The molecule has 0 N–H and O–H groups in total. The van der Waals surface area contributed by atoms with Crippen molar-refractivity contribution in [1.29, 1.82) is 0 Å². The molecule has 4 aliphatic carbocycles. The van der Waals surface area contributed by atoms with E-state index in [1.165, 1.54) is 5.57 Å². The van der Waals surface area contributed by atoms with Crippen molar-refractivity contribution in [2.45, 2.75) is 64.7 Å². The summed E-state index contributed by atoms with van der Waals surface area (Å²) in [5.74, 6) is 2.25. The minimum atomic E-state index is -2.15. The van der Waals surface area contributed by atoms with E-state index in [9.17, 15) is 13.6 Å². The molecule has 3 heteroatoms. The van der Waals surface area contributed by atoms with E-state index in [0.717, 1.165) is 38.5 Å². The summed E-state index contributed by atoms with van der Waals surface area (Å²) in [5, 5.41) is 0. The Morgan fingerprint density at radius 3 is 2.68 bits per heavy atom. The molecule has 4 rings (SSSR count). The van der Waals surface area contributed by atoms with Gasteiger partial charge in [0.25, 0.3) is 0 Å². The van der Waals surface area contributed by atoms with Crippen LogP contribution < -0.4 is 0 Å². The zero-order valence-electron chi connectivity index (χ0n) is 13.4. The van der Waals surface area contributed by atoms with Crippen LogP contribution in [-0.2, 0) is 4.79 Å². The Morgan fingerprint density at radius 2 is 1.91 bits per heavy atom. The second-order valence-electron chi connectivity index (χ2n) is 8.37. The highest BCUT2D eigenvalue weighted by Gasteiger charge is 2.58. The Bertz CT molecular complexity index is 512. The lowest BCUT2D eigenvalue weighted by molar-refractivity contribution is -0.116. The molecule has 3 fully saturated rings. The van der Waals surface area contributed by atoms with Crippen LogP contribution in [-0.4, -0.2) is 12.2 Å². The predicted octanol–water partition coefficient (Wildman–Crippen LogP) is 5.01. The lowest BCUT2D eigenvalue weighted by Crippen LogP contribution is -2.47. The number of hydrogen-bond donors (Lipinski definition) is 0. The standard InChI is InChI=1S/C19H26F2O/c1-19-9-8-14-13-5-3-12(22)10-11(13)2-4-15(14)16(19)6-7-17(19)18(20)21/h10,13-18H,2-9H2,1H3/t13-,14+,15+,16-,17+,19-/m0/s1. The van der Waals surface area contributed by atoms with E-state index in [2.05, 4.69) is 6.92 Å². The van der Waals surface area contributed by atoms with Crippen molar-refractivity contribution in [2.24, 2.45) is 35.0 Å². The molecular formula is C19H26F2O. The smallest absolute Gasteiger partial charge is 0.241 e. The van der Waals surface area contributed by atoms with Gasteiger partial charge >= 0.3 is 0 Å². The SMILES string of the molecule is C[C@]12CC[C@H]3[C@@H](CCC4=CC(=O)CC[C@@H]43)[C@@H]1CC[C@@H]2C(F)F. The first-order chi connectivity index (χ1) is 10.5. The van der Waals surface area contributed by atoms with Gasteiger partial charge in [0.2, 0.25) is 6.43 Å². The molecular weight excluding hydrogens is 282 g/mol. The molecule has 0 saturated heterocycles. The number of ketones is 1. The van der Waals surface area contributed by atoms with Crippen molar-refractivity contribution in [3.05, 3.63) is 11.6 Å². The van der Waals surface area contributed by atoms with E-state index in [-0.39, 0.29) is 11.3 Å². The van der Waals surface area contributed by atoms with Crippen molar-refractivity contribution in [2.75, 3.05) is 0 Å². The quantitative estimate of drug-likeness (QED) is 0.665. The van der Waals surface area contributed by atoms with Gasteiger partial charge in [0.15, 0.2) is 5.78 Å². The summed E-state index contributed by atoms with van der Waals surface area (Å²) in [6.07, 6.45) is 7.38. The van der Waals surface area contributed by atoms with Gasteiger partial charge in [0, 0.05) is 12.3 Å². The van der Waals surface area contributed by atoms with E-state index in [1.54, 1.807) is 0 Å². The lowest BCUT2D eigenvalue weighted by Gasteiger charge is -2.54. The number of halogens is 2. The number of allylic oxidation sites excluding steroid dienone is 1. The lowest BCUT2D eigenvalue weighted by atomic mass is 9.51. The summed E-state index contributed by atoms with van der Waals surface area (Å²) in [6.45, 7) is 2.15. The number of carbonyl (C=O) groups is 1. The molecule has 0 aliphatic heterocycles. The van der Waals surface area contributed by atoms with Crippen LogP contribution in [0.15, 0.2) is 11.6 Å². The monoisotopic (exact) mass is 308 g/mol. The summed E-state index contributed by atoms with van der Waals surface area (Å²) in [7, 11) is 0. The average molecular weight is 308 g/mol. The highest BCUT2D eigenvalue weighted by molar-refractivity contribution is 5.91. The van der Waals surface area contributed by atoms with Crippen LogP contribution in [0, 0.1) is 35.0 Å². The van der Waals surface area contributed by atoms with Crippen LogP contribution in [0.25, 0.3) is 0 Å². The summed E-state index contributed by atoms with van der Waals surface area (Å²) < 4.78 is 26.9. The average Bonchev–Trinajstić information content (AvgIpc) is 2.84. The van der Waals surface area contributed by atoms with E-state index in [0.29, 0.717) is 42.3 Å². The number of hydrogen-bond acceptors (Lipinski definition) is 1. The van der Waals surface area contributed by atoms with Crippen molar-refractivity contribution >= 4 is 5.78 Å². The first kappa shape index (κ1) is 14.8. The third-order valence-electron chi connectivity index (χ3n) is 7.68. The topological polar surface area (TPSA) is 17.1 Å². The van der Waals surface area contributed by atoms with Gasteiger partial charge in [-0.05, 0) is 80.1 Å². The van der Waals surface area contributed by atoms with Gasteiger partial charge in [0.05, 0.1) is 0 Å². The third-order valence-corrected chi connectivity index (χ3v) is 7.68. The third kappa shape index (κ3) is 2.03. The number of fused-ring (bicyclic) bond motifs is 5. The molecule has 1 nitrogen and oxygen atoms in total. The van der Waals surface area contributed by atoms with E-state index in [1.807, 2.05) is 6.08 Å². The number of carbonyl (C=O) groups excluding carboxylic acids is 1. The molecule has 0 aromatic heterocycles. The Balaban J connectivity index is 1.61. The molecule has 0 aromatic rings. The molecule has 0 heterocycles. The second kappa shape index (κ2) is 5.14. The van der Waals surface area contributed by atoms with Crippen LogP contribution in [0.3, 0.4) is 0 Å². The molecule has 0 unspecified atom stereocenters. The summed E-state index contributed by atoms with van der Waals surface area (Å²) in [4.78, 5) is 11.7. The fourth-order valence-electron chi connectivity index (χ4n) is 6.64. The maximum atomic E-state index is 13.4. The minimum Gasteiger partial charge on any atom is -0.295 e. The second-order valence-corrected chi connectivity index (χ2v) is 8.37. The van der Waals surface area contributed by atoms with Crippen LogP contribution >= 0.6 is 0 Å². The van der Waals surface area contributed by atoms with Crippen molar-refractivity contribution in [3.63, 3.8) is 0 Å². The molecule has 122 valence electrons. The maximum Gasteiger partial charge on any atom is 0.241 e. The molecule has 0 radical (unpaired) electrons. The molecule has 0 bridgehead atoms. The van der Waals surface area contributed by atoms with E-state index in [4.69, 9.17) is 0 Å². The van der Waals surface area contributed by atoms with Gasteiger partial charge in [-0.15, -0.1) is 0 Å². The summed E-state index contributed by atoms with van der Waals surface area (Å²) in [5.41, 5.74) is 1.24. The van der Waals surface area contributed by atoms with Crippen molar-refractivity contribution in [3.8, 4) is 0 Å². The fraction of sp³-hybridized carbons (Fsp3) is 0.842. The molecule has 0 amide bonds. The van der Waals surface area contributed by atoms with Gasteiger partial charge in [0.1, 0.15) is 0 Å². The Labute approximate surface area is 131 Å². The van der Waals surface area contributed by atoms with Crippen LogP contribution in [0.1, 0.15) is 58.3 Å². The van der Waals surface area contributed by atoms with E-state index < -0.39 is 6.43 Å². The summed E-state index contributed by atoms with van der Waals surface area (Å²) >= 11 is 0. The molecule has 6 atom stereocenters. The summed E-state index contributed by atoms with van der Waals surface area (Å²) in [6, 6.07) is 0. The molecule has 22 heavy (non-hydrogen) atoms. The first-order valence-corrected chi connectivity index (χ1v) is 9.02. The van der Waals surface area contributed by atoms with Crippen molar-refractivity contribution in [1.82, 2.24) is 0 Å².